The molecule has 0 radical (unpaired) electrons. The van der Waals surface area contributed by atoms with Crippen LogP contribution in [0, 0.1) is 28.9 Å². The summed E-state index contributed by atoms with van der Waals surface area (Å²) in [6.45, 7) is 0. The minimum Gasteiger partial charge on any atom is -0.325 e. The number of nitrogens with one attached hydrogen (secondary N) is 1. The number of rotatable bonds is 5. The van der Waals surface area contributed by atoms with Crippen molar-refractivity contribution >= 4 is 49.0 Å². The number of carbonyl (C=O) groups is 2. The number of aromatic nitrogens is 2. The topological polar surface area (TPSA) is 87.8 Å². The van der Waals surface area contributed by atoms with Gasteiger partial charge in [-0.25, -0.2) is 13.5 Å². The highest BCUT2D eigenvalue weighted by molar-refractivity contribution is 7.25. The van der Waals surface area contributed by atoms with E-state index in [0.29, 0.717) is 15.9 Å². The number of thiophene rings is 1. The molecule has 0 spiro atoms. The molecule has 9 heteroatoms. The van der Waals surface area contributed by atoms with Crippen molar-refractivity contribution in [3.63, 3.8) is 0 Å². The Labute approximate surface area is 195 Å². The van der Waals surface area contributed by atoms with E-state index in [-0.39, 0.29) is 11.4 Å². The predicted molar refractivity (Wildman–Crippen MR) is 125 cm³/mol. The van der Waals surface area contributed by atoms with E-state index in [1.54, 1.807) is 6.07 Å². The van der Waals surface area contributed by atoms with Crippen molar-refractivity contribution < 1.29 is 18.4 Å². The van der Waals surface area contributed by atoms with Gasteiger partial charge in [0.15, 0.2) is 5.92 Å². The first-order valence-corrected chi connectivity index (χ1v) is 10.9. The molecule has 5 rings (SSSR count). The normalized spacial score (nSPS) is 11.9. The molecule has 0 aliphatic heterocycles. The molecule has 166 valence electrons. The lowest BCUT2D eigenvalue weighted by Crippen LogP contribution is -2.29. The predicted octanol–water partition coefficient (Wildman–Crippen LogP) is 5.48. The molecular weight excluding hydrogens is 458 g/mol. The van der Waals surface area contributed by atoms with Crippen molar-refractivity contribution in [1.82, 2.24) is 9.78 Å². The molecule has 0 bridgehead atoms. The average Bonchev–Trinajstić information content (AvgIpc) is 3.39. The van der Waals surface area contributed by atoms with Crippen LogP contribution < -0.4 is 5.32 Å². The quantitative estimate of drug-likeness (QED) is 0.271. The number of hydrogen-bond acceptors (Lipinski definition) is 5. The van der Waals surface area contributed by atoms with Crippen LogP contribution in [0.1, 0.15) is 10.5 Å². The number of halogens is 2. The summed E-state index contributed by atoms with van der Waals surface area (Å²) in [4.78, 5) is 26.8. The van der Waals surface area contributed by atoms with Gasteiger partial charge >= 0.3 is 0 Å². The van der Waals surface area contributed by atoms with E-state index in [0.717, 1.165) is 22.2 Å². The summed E-state index contributed by atoms with van der Waals surface area (Å²) in [6, 6.07) is 19.8. The monoisotopic (exact) mass is 472 g/mol. The zero-order valence-electron chi connectivity index (χ0n) is 17.3. The van der Waals surface area contributed by atoms with E-state index < -0.39 is 29.2 Å². The summed E-state index contributed by atoms with van der Waals surface area (Å²) in [5, 5.41) is 17.9. The molecule has 6 nitrogen and oxygen atoms in total. The fraction of sp³-hybridized carbons (Fsp3) is 0.0400. The number of benzene rings is 3. The van der Waals surface area contributed by atoms with Gasteiger partial charge in [0.2, 0.25) is 11.7 Å². The second kappa shape index (κ2) is 8.50. The smallest absolute Gasteiger partial charge is 0.249 e. The fourth-order valence-corrected chi connectivity index (χ4v) is 4.83. The first kappa shape index (κ1) is 21.4. The standard InChI is InChI=1S/C25H14F2N4O2S/c26-14-5-9-16(10-6-14)29-24(33)19(13-28)23(32)22-21-18-3-1-2-4-20(18)34-25(21)31(30-22)17-11-7-15(27)8-12-17/h1-12,19H,(H,29,33). The second-order valence-corrected chi connectivity index (χ2v) is 8.47. The Balaban J connectivity index is 1.61. The molecule has 2 aromatic heterocycles. The van der Waals surface area contributed by atoms with E-state index >= 15 is 0 Å². The Bertz CT molecular complexity index is 1600. The van der Waals surface area contributed by atoms with Gasteiger partial charge in [-0.05, 0) is 54.6 Å². The summed E-state index contributed by atoms with van der Waals surface area (Å²) >= 11 is 1.39. The van der Waals surface area contributed by atoms with Gasteiger partial charge in [0.1, 0.15) is 22.2 Å². The largest absolute Gasteiger partial charge is 0.325 e. The highest BCUT2D eigenvalue weighted by Gasteiger charge is 2.33. The molecule has 0 saturated carbocycles. The molecule has 0 fully saturated rings. The summed E-state index contributed by atoms with van der Waals surface area (Å²) in [7, 11) is 0. The van der Waals surface area contributed by atoms with Gasteiger partial charge in [-0.15, -0.1) is 11.3 Å². The molecule has 34 heavy (non-hydrogen) atoms. The van der Waals surface area contributed by atoms with Crippen LogP contribution in [0.4, 0.5) is 14.5 Å². The number of fused-ring (bicyclic) bond motifs is 3. The number of nitrogens with zero attached hydrogens (tertiary/aromatic N) is 3. The highest BCUT2D eigenvalue weighted by Crippen LogP contribution is 2.38. The molecule has 0 aliphatic carbocycles. The lowest BCUT2D eigenvalue weighted by Gasteiger charge is -2.09. The van der Waals surface area contributed by atoms with E-state index in [2.05, 4.69) is 10.4 Å². The van der Waals surface area contributed by atoms with Crippen LogP contribution in [0.2, 0.25) is 0 Å². The Hall–Kier alpha value is -4.42. The number of Topliss-reactive ketones (excluding diaryl/α,β-unsaturated/α-hetero) is 1. The van der Waals surface area contributed by atoms with Crippen molar-refractivity contribution in [2.75, 3.05) is 5.32 Å². The third kappa shape index (κ3) is 3.70. The Morgan fingerprint density at radius 1 is 0.971 bits per heavy atom. The lowest BCUT2D eigenvalue weighted by atomic mass is 9.99. The van der Waals surface area contributed by atoms with Gasteiger partial charge in [-0.3, -0.25) is 9.59 Å². The van der Waals surface area contributed by atoms with Crippen LogP contribution in [0.15, 0.2) is 72.8 Å². The highest BCUT2D eigenvalue weighted by atomic mass is 32.1. The molecule has 0 saturated heterocycles. The lowest BCUT2D eigenvalue weighted by molar-refractivity contribution is -0.117. The molecule has 5 aromatic rings. The van der Waals surface area contributed by atoms with Crippen LogP contribution in [-0.2, 0) is 4.79 Å². The van der Waals surface area contributed by atoms with Crippen molar-refractivity contribution in [2.24, 2.45) is 5.92 Å². The number of nitriles is 1. The molecule has 1 atom stereocenters. The van der Waals surface area contributed by atoms with Crippen LogP contribution in [0.5, 0.6) is 0 Å². The fourth-order valence-electron chi connectivity index (χ4n) is 3.66. The summed E-state index contributed by atoms with van der Waals surface area (Å²) in [5.74, 6) is -4.19. The molecule has 2 heterocycles. The number of anilines is 1. The maximum atomic E-state index is 13.5. The van der Waals surface area contributed by atoms with Crippen molar-refractivity contribution in [3.8, 4) is 11.8 Å². The molecular formula is C25H14F2N4O2S. The Morgan fingerprint density at radius 2 is 1.62 bits per heavy atom. The van der Waals surface area contributed by atoms with Gasteiger partial charge in [0, 0.05) is 15.8 Å². The van der Waals surface area contributed by atoms with Gasteiger partial charge in [0.05, 0.1) is 17.1 Å². The summed E-state index contributed by atoms with van der Waals surface area (Å²) in [6.07, 6.45) is 0. The Kier molecular flexibility index (Phi) is 5.36. The zero-order valence-corrected chi connectivity index (χ0v) is 18.1. The van der Waals surface area contributed by atoms with Crippen LogP contribution >= 0.6 is 11.3 Å². The maximum absolute atomic E-state index is 13.5. The van der Waals surface area contributed by atoms with Crippen LogP contribution in [0.3, 0.4) is 0 Å². The average molecular weight is 472 g/mol. The molecule has 1 amide bonds. The molecule has 3 aromatic carbocycles. The summed E-state index contributed by atoms with van der Waals surface area (Å²) < 4.78 is 29.0. The third-order valence-electron chi connectivity index (χ3n) is 5.28. The zero-order chi connectivity index (χ0) is 23.8. The number of ketones is 1. The SMILES string of the molecule is N#CC(C(=O)Nc1ccc(F)cc1)C(=O)c1nn(-c2ccc(F)cc2)c2sc3ccccc3c12. The van der Waals surface area contributed by atoms with Gasteiger partial charge < -0.3 is 5.32 Å². The van der Waals surface area contributed by atoms with Gasteiger partial charge in [-0.2, -0.15) is 10.4 Å². The minimum absolute atomic E-state index is 0.0300. The third-order valence-corrected chi connectivity index (χ3v) is 6.42. The van der Waals surface area contributed by atoms with Crippen LogP contribution in [0.25, 0.3) is 26.0 Å². The van der Waals surface area contributed by atoms with Crippen molar-refractivity contribution in [1.29, 1.82) is 5.26 Å². The van der Waals surface area contributed by atoms with Gasteiger partial charge in [0.25, 0.3) is 0 Å². The number of hydrogen-bond donors (Lipinski definition) is 1. The molecule has 0 aliphatic rings. The van der Waals surface area contributed by atoms with Gasteiger partial charge in [-0.1, -0.05) is 18.2 Å². The molecule has 1 N–H and O–H groups in total. The van der Waals surface area contributed by atoms with Crippen molar-refractivity contribution in [2.45, 2.75) is 0 Å². The number of amides is 1. The minimum atomic E-state index is -1.68. The second-order valence-electron chi connectivity index (χ2n) is 7.44. The first-order chi connectivity index (χ1) is 16.5. The van der Waals surface area contributed by atoms with E-state index in [9.17, 15) is 23.6 Å². The van der Waals surface area contributed by atoms with E-state index in [1.807, 2.05) is 24.3 Å². The van der Waals surface area contributed by atoms with E-state index in [4.69, 9.17) is 0 Å². The van der Waals surface area contributed by atoms with Crippen LogP contribution in [-0.4, -0.2) is 21.5 Å². The maximum Gasteiger partial charge on any atom is 0.249 e. The molecule has 1 unspecified atom stereocenters. The first-order valence-electron chi connectivity index (χ1n) is 10.1. The van der Waals surface area contributed by atoms with E-state index in [1.165, 1.54) is 52.4 Å². The van der Waals surface area contributed by atoms with Crippen molar-refractivity contribution in [3.05, 3.63) is 90.1 Å². The summed E-state index contributed by atoms with van der Waals surface area (Å²) in [5.41, 5.74) is 0.751. The number of carbonyl (C=O) groups excluding carboxylic acids is 2. The Morgan fingerprint density at radius 3 is 2.29 bits per heavy atom.